The zero-order valence-corrected chi connectivity index (χ0v) is 18.1. The molecule has 158 valence electrons. The SMILES string of the molecule is CCOc1ccc(S(=O)(=O)N2CCC(C(=O)NCc3n[nH]c(=S)n3C)CC2)cc1. The Labute approximate surface area is 175 Å². The largest absolute Gasteiger partial charge is 0.494 e. The van der Waals surface area contributed by atoms with Crippen molar-refractivity contribution in [2.75, 3.05) is 19.7 Å². The third kappa shape index (κ3) is 4.85. The van der Waals surface area contributed by atoms with E-state index in [2.05, 4.69) is 15.5 Å². The van der Waals surface area contributed by atoms with Gasteiger partial charge >= 0.3 is 0 Å². The number of hydrogen-bond donors (Lipinski definition) is 2. The van der Waals surface area contributed by atoms with Crippen LogP contribution in [0.2, 0.25) is 0 Å². The van der Waals surface area contributed by atoms with Gasteiger partial charge in [-0.25, -0.2) is 8.42 Å². The standard InChI is InChI=1S/C18H25N5O4S2/c1-3-27-14-4-6-15(7-5-14)29(25,26)23-10-8-13(9-11-23)17(24)19-12-16-20-21-18(28)22(16)2/h4-7,13H,3,8-12H2,1-2H3,(H,19,24)(H,21,28). The highest BCUT2D eigenvalue weighted by molar-refractivity contribution is 7.89. The maximum Gasteiger partial charge on any atom is 0.243 e. The van der Waals surface area contributed by atoms with Crippen LogP contribution in [0.25, 0.3) is 0 Å². The molecule has 0 spiro atoms. The molecule has 9 nitrogen and oxygen atoms in total. The lowest BCUT2D eigenvalue weighted by Gasteiger charge is -2.30. The van der Waals surface area contributed by atoms with Crippen molar-refractivity contribution < 1.29 is 17.9 Å². The number of sulfonamides is 1. The number of nitrogens with zero attached hydrogens (tertiary/aromatic N) is 3. The van der Waals surface area contributed by atoms with E-state index in [1.165, 1.54) is 4.31 Å². The van der Waals surface area contributed by atoms with Crippen LogP contribution in [0.15, 0.2) is 29.2 Å². The molecule has 1 saturated heterocycles. The van der Waals surface area contributed by atoms with E-state index in [1.807, 2.05) is 6.92 Å². The minimum Gasteiger partial charge on any atom is -0.494 e. The lowest BCUT2D eigenvalue weighted by atomic mass is 9.97. The maximum atomic E-state index is 12.8. The summed E-state index contributed by atoms with van der Waals surface area (Å²) in [6.07, 6.45) is 0.947. The highest BCUT2D eigenvalue weighted by atomic mass is 32.2. The second kappa shape index (κ2) is 9.06. The van der Waals surface area contributed by atoms with Gasteiger partial charge in [-0.05, 0) is 56.2 Å². The van der Waals surface area contributed by atoms with Crippen molar-refractivity contribution in [3.63, 3.8) is 0 Å². The van der Waals surface area contributed by atoms with Crippen LogP contribution in [0.3, 0.4) is 0 Å². The number of aromatic nitrogens is 3. The average Bonchev–Trinajstić information content (AvgIpc) is 3.05. The average molecular weight is 440 g/mol. The number of benzene rings is 1. The van der Waals surface area contributed by atoms with Crippen LogP contribution in [0.5, 0.6) is 5.75 Å². The van der Waals surface area contributed by atoms with Crippen molar-refractivity contribution in [3.8, 4) is 5.75 Å². The van der Waals surface area contributed by atoms with Crippen molar-refractivity contribution in [2.24, 2.45) is 13.0 Å². The van der Waals surface area contributed by atoms with E-state index in [1.54, 1.807) is 35.9 Å². The van der Waals surface area contributed by atoms with E-state index in [-0.39, 0.29) is 23.3 Å². The molecule has 1 aromatic carbocycles. The predicted octanol–water partition coefficient (Wildman–Crippen LogP) is 1.59. The summed E-state index contributed by atoms with van der Waals surface area (Å²) in [5.41, 5.74) is 0. The van der Waals surface area contributed by atoms with Crippen LogP contribution < -0.4 is 10.1 Å². The Bertz CT molecular complexity index is 1010. The van der Waals surface area contributed by atoms with E-state index in [0.717, 1.165) is 0 Å². The van der Waals surface area contributed by atoms with Gasteiger partial charge in [0.05, 0.1) is 18.0 Å². The second-order valence-electron chi connectivity index (χ2n) is 6.80. The minimum absolute atomic E-state index is 0.1000. The summed E-state index contributed by atoms with van der Waals surface area (Å²) in [5.74, 6) is 0.945. The lowest BCUT2D eigenvalue weighted by Crippen LogP contribution is -2.43. The van der Waals surface area contributed by atoms with Gasteiger partial charge in [0.25, 0.3) is 0 Å². The summed E-state index contributed by atoms with van der Waals surface area (Å²) in [4.78, 5) is 12.7. The molecule has 1 aliphatic heterocycles. The number of carbonyl (C=O) groups excluding carboxylic acids is 1. The summed E-state index contributed by atoms with van der Waals surface area (Å²) in [6.45, 7) is 3.28. The molecule has 1 aromatic heterocycles. The summed E-state index contributed by atoms with van der Waals surface area (Å²) in [7, 11) is -1.81. The molecular formula is C18H25N5O4S2. The Kier molecular flexibility index (Phi) is 6.70. The Balaban J connectivity index is 1.55. The van der Waals surface area contributed by atoms with E-state index in [9.17, 15) is 13.2 Å². The van der Waals surface area contributed by atoms with Gasteiger partial charge in [0.15, 0.2) is 10.6 Å². The molecule has 11 heteroatoms. The van der Waals surface area contributed by atoms with E-state index in [4.69, 9.17) is 17.0 Å². The van der Waals surface area contributed by atoms with Crippen molar-refractivity contribution in [1.82, 2.24) is 24.4 Å². The van der Waals surface area contributed by atoms with Crippen molar-refractivity contribution in [3.05, 3.63) is 34.9 Å². The second-order valence-corrected chi connectivity index (χ2v) is 9.13. The molecule has 2 N–H and O–H groups in total. The molecule has 2 aromatic rings. The van der Waals surface area contributed by atoms with Gasteiger partial charge in [-0.3, -0.25) is 9.89 Å². The molecule has 0 unspecified atom stereocenters. The van der Waals surface area contributed by atoms with Gasteiger partial charge < -0.3 is 14.6 Å². The van der Waals surface area contributed by atoms with E-state index in [0.29, 0.717) is 48.9 Å². The van der Waals surface area contributed by atoms with Crippen LogP contribution >= 0.6 is 12.2 Å². The van der Waals surface area contributed by atoms with Gasteiger partial charge in [0, 0.05) is 26.1 Å². The first-order valence-electron chi connectivity index (χ1n) is 9.44. The van der Waals surface area contributed by atoms with Crippen LogP contribution in [0.1, 0.15) is 25.6 Å². The number of H-pyrrole nitrogens is 1. The zero-order valence-electron chi connectivity index (χ0n) is 16.4. The summed E-state index contributed by atoms with van der Waals surface area (Å²) >= 11 is 5.05. The maximum absolute atomic E-state index is 12.8. The summed E-state index contributed by atoms with van der Waals surface area (Å²) < 4.78 is 34.7. The van der Waals surface area contributed by atoms with E-state index >= 15 is 0 Å². The van der Waals surface area contributed by atoms with Crippen molar-refractivity contribution in [1.29, 1.82) is 0 Å². The topological polar surface area (TPSA) is 109 Å². The lowest BCUT2D eigenvalue weighted by molar-refractivity contribution is -0.126. The molecule has 29 heavy (non-hydrogen) atoms. The molecule has 1 fully saturated rings. The van der Waals surface area contributed by atoms with Gasteiger partial charge in [0.1, 0.15) is 5.75 Å². The van der Waals surface area contributed by atoms with Crippen molar-refractivity contribution >= 4 is 28.1 Å². The molecule has 1 aliphatic rings. The third-order valence-electron chi connectivity index (χ3n) is 4.99. The Morgan fingerprint density at radius 1 is 1.31 bits per heavy atom. The van der Waals surface area contributed by atoms with Crippen molar-refractivity contribution in [2.45, 2.75) is 31.2 Å². The van der Waals surface area contributed by atoms with Crippen LogP contribution in [0.4, 0.5) is 0 Å². The molecule has 0 atom stereocenters. The summed E-state index contributed by atoms with van der Waals surface area (Å²) in [6, 6.07) is 6.41. The first-order valence-corrected chi connectivity index (χ1v) is 11.3. The Morgan fingerprint density at radius 2 is 1.97 bits per heavy atom. The molecule has 3 rings (SSSR count). The Hall–Kier alpha value is -2.24. The number of nitrogens with one attached hydrogen (secondary N) is 2. The minimum atomic E-state index is -3.58. The number of rotatable bonds is 7. The quantitative estimate of drug-likeness (QED) is 0.634. The molecule has 0 saturated carbocycles. The molecule has 0 aliphatic carbocycles. The highest BCUT2D eigenvalue weighted by Crippen LogP contribution is 2.25. The number of piperidine rings is 1. The monoisotopic (exact) mass is 439 g/mol. The van der Waals surface area contributed by atoms with Crippen LogP contribution in [0, 0.1) is 10.7 Å². The smallest absolute Gasteiger partial charge is 0.243 e. The zero-order chi connectivity index (χ0) is 21.0. The molecule has 1 amide bonds. The van der Waals surface area contributed by atoms with Gasteiger partial charge in [-0.1, -0.05) is 0 Å². The van der Waals surface area contributed by atoms with Crippen LogP contribution in [-0.2, 0) is 28.4 Å². The fraction of sp³-hybridized carbons (Fsp3) is 0.500. The third-order valence-corrected chi connectivity index (χ3v) is 7.27. The van der Waals surface area contributed by atoms with Gasteiger partial charge in [0.2, 0.25) is 15.9 Å². The molecular weight excluding hydrogens is 414 g/mol. The first-order chi connectivity index (χ1) is 13.8. The predicted molar refractivity (Wildman–Crippen MR) is 109 cm³/mol. The van der Waals surface area contributed by atoms with E-state index < -0.39 is 10.0 Å². The fourth-order valence-electron chi connectivity index (χ4n) is 3.23. The number of hydrogen-bond acceptors (Lipinski definition) is 6. The number of ether oxygens (including phenoxy) is 1. The molecule has 0 bridgehead atoms. The van der Waals surface area contributed by atoms with Gasteiger partial charge in [-0.15, -0.1) is 0 Å². The Morgan fingerprint density at radius 3 is 2.52 bits per heavy atom. The van der Waals surface area contributed by atoms with Crippen LogP contribution in [-0.4, -0.2) is 53.1 Å². The van der Waals surface area contributed by atoms with Gasteiger partial charge in [-0.2, -0.15) is 9.40 Å². The molecule has 2 heterocycles. The molecule has 0 radical (unpaired) electrons. The highest BCUT2D eigenvalue weighted by Gasteiger charge is 2.32. The first kappa shape index (κ1) is 21.5. The summed E-state index contributed by atoms with van der Waals surface area (Å²) in [5, 5.41) is 9.59. The number of aromatic amines is 1. The normalized spacial score (nSPS) is 15.9. The fourth-order valence-corrected chi connectivity index (χ4v) is 4.85. The number of carbonyl (C=O) groups is 1. The number of amides is 1.